The number of carbonyl (C=O) groups excluding carboxylic acids is 2. The fraction of sp³-hybridized carbons (Fsp3) is 0.600. The summed E-state index contributed by atoms with van der Waals surface area (Å²) in [5.41, 5.74) is 2.11. The maximum atomic E-state index is 11.7. The summed E-state index contributed by atoms with van der Waals surface area (Å²) in [5.74, 6) is 0.375. The molecule has 3 atom stereocenters. The van der Waals surface area contributed by atoms with Crippen molar-refractivity contribution in [1.29, 1.82) is 0 Å². The zero-order valence-corrected chi connectivity index (χ0v) is 14.8. The molecule has 0 unspecified atom stereocenters. The highest BCUT2D eigenvalue weighted by Gasteiger charge is 2.39. The third-order valence-corrected chi connectivity index (χ3v) is 5.10. The molecule has 128 valence electrons. The summed E-state index contributed by atoms with van der Waals surface area (Å²) in [7, 11) is 0. The van der Waals surface area contributed by atoms with Gasteiger partial charge in [0.05, 0.1) is 6.42 Å². The highest BCUT2D eigenvalue weighted by molar-refractivity contribution is 5.81. The fourth-order valence-electron chi connectivity index (χ4n) is 3.28. The van der Waals surface area contributed by atoms with E-state index in [-0.39, 0.29) is 42.5 Å². The van der Waals surface area contributed by atoms with Crippen LogP contribution in [0, 0.1) is 17.3 Å². The summed E-state index contributed by atoms with van der Waals surface area (Å²) < 4.78 is 5.29. The van der Waals surface area contributed by atoms with Gasteiger partial charge in [0.15, 0.2) is 0 Å². The monoisotopic (exact) mass is 318 g/mol. The van der Waals surface area contributed by atoms with Gasteiger partial charge in [-0.15, -0.1) is 6.58 Å². The molecule has 3 nitrogen and oxygen atoms in total. The van der Waals surface area contributed by atoms with Crippen LogP contribution in [-0.4, -0.2) is 18.4 Å². The van der Waals surface area contributed by atoms with E-state index >= 15 is 0 Å². The van der Waals surface area contributed by atoms with Crippen molar-refractivity contribution >= 4 is 11.8 Å². The molecule has 0 amide bonds. The maximum Gasteiger partial charge on any atom is 0.306 e. The van der Waals surface area contributed by atoms with Crippen molar-refractivity contribution in [2.75, 3.05) is 6.61 Å². The summed E-state index contributed by atoms with van der Waals surface area (Å²) in [6.45, 7) is 18.2. The summed E-state index contributed by atoms with van der Waals surface area (Å²) in [4.78, 5) is 22.6. The first-order valence-corrected chi connectivity index (χ1v) is 8.31. The number of allylic oxidation sites excluding steroid dienone is 2. The Bertz CT molecular complexity index is 503. The zero-order valence-electron chi connectivity index (χ0n) is 14.8. The Morgan fingerprint density at radius 1 is 1.26 bits per heavy atom. The molecular formula is C20H30O3. The first-order valence-electron chi connectivity index (χ1n) is 8.31. The molecule has 0 bridgehead atoms. The van der Waals surface area contributed by atoms with E-state index in [9.17, 15) is 9.59 Å². The Balaban J connectivity index is 2.66. The van der Waals surface area contributed by atoms with Crippen LogP contribution in [-0.2, 0) is 14.3 Å². The van der Waals surface area contributed by atoms with Gasteiger partial charge in [-0.3, -0.25) is 4.79 Å². The molecule has 23 heavy (non-hydrogen) atoms. The number of hydrogen-bond acceptors (Lipinski definition) is 3. The lowest BCUT2D eigenvalue weighted by atomic mass is 9.61. The van der Waals surface area contributed by atoms with Crippen LogP contribution in [0.5, 0.6) is 0 Å². The van der Waals surface area contributed by atoms with Crippen molar-refractivity contribution in [1.82, 2.24) is 0 Å². The van der Waals surface area contributed by atoms with E-state index in [1.54, 1.807) is 0 Å². The van der Waals surface area contributed by atoms with E-state index < -0.39 is 0 Å². The molecule has 0 aliphatic heterocycles. The molecule has 0 aromatic heterocycles. The Kier molecular flexibility index (Phi) is 6.99. The average molecular weight is 318 g/mol. The molecular weight excluding hydrogens is 288 g/mol. The molecule has 0 heterocycles. The number of carbonyl (C=O) groups is 2. The SMILES string of the molecule is C=C[C@]1(C)CC[C@@H](C(=C)C)C[C@H]1C(=C)COC(=O)CCC(C)=O. The van der Waals surface area contributed by atoms with Crippen LogP contribution in [0.2, 0.25) is 0 Å². The van der Waals surface area contributed by atoms with E-state index in [0.29, 0.717) is 5.92 Å². The van der Waals surface area contributed by atoms with Crippen LogP contribution in [0.25, 0.3) is 0 Å². The van der Waals surface area contributed by atoms with E-state index in [1.165, 1.54) is 12.5 Å². The lowest BCUT2D eigenvalue weighted by Crippen LogP contribution is -2.35. The molecule has 1 saturated carbocycles. The van der Waals surface area contributed by atoms with E-state index in [4.69, 9.17) is 4.74 Å². The maximum absolute atomic E-state index is 11.7. The van der Waals surface area contributed by atoms with Crippen molar-refractivity contribution in [3.63, 3.8) is 0 Å². The zero-order chi connectivity index (χ0) is 17.6. The fourth-order valence-corrected chi connectivity index (χ4v) is 3.28. The van der Waals surface area contributed by atoms with Gasteiger partial charge in [-0.25, -0.2) is 0 Å². The number of Topliss-reactive ketones (excluding diaryl/α,β-unsaturated/α-hetero) is 1. The van der Waals surface area contributed by atoms with E-state index in [2.05, 4.69) is 33.6 Å². The Morgan fingerprint density at radius 2 is 1.91 bits per heavy atom. The third-order valence-electron chi connectivity index (χ3n) is 5.10. The van der Waals surface area contributed by atoms with Gasteiger partial charge < -0.3 is 9.53 Å². The number of ether oxygens (including phenoxy) is 1. The molecule has 1 fully saturated rings. The molecule has 3 heteroatoms. The van der Waals surface area contributed by atoms with Crippen LogP contribution >= 0.6 is 0 Å². The van der Waals surface area contributed by atoms with Gasteiger partial charge in [0.2, 0.25) is 0 Å². The summed E-state index contributed by atoms with van der Waals surface area (Å²) >= 11 is 0. The van der Waals surface area contributed by atoms with Gasteiger partial charge >= 0.3 is 5.97 Å². The topological polar surface area (TPSA) is 43.4 Å². The average Bonchev–Trinajstić information content (AvgIpc) is 2.50. The van der Waals surface area contributed by atoms with Gasteiger partial charge in [0.25, 0.3) is 0 Å². The van der Waals surface area contributed by atoms with Crippen LogP contribution in [0.15, 0.2) is 37.0 Å². The highest BCUT2D eigenvalue weighted by Crippen LogP contribution is 2.48. The van der Waals surface area contributed by atoms with Crippen LogP contribution < -0.4 is 0 Å². The first kappa shape index (κ1) is 19.4. The Morgan fingerprint density at radius 3 is 2.43 bits per heavy atom. The largest absolute Gasteiger partial charge is 0.461 e. The summed E-state index contributed by atoms with van der Waals surface area (Å²) in [6, 6.07) is 0. The molecule has 1 aliphatic rings. The summed E-state index contributed by atoms with van der Waals surface area (Å²) in [6.07, 6.45) is 5.50. The number of hydrogen-bond donors (Lipinski definition) is 0. The minimum atomic E-state index is -0.339. The lowest BCUT2D eigenvalue weighted by Gasteiger charge is -2.44. The van der Waals surface area contributed by atoms with Crippen LogP contribution in [0.1, 0.15) is 52.9 Å². The second-order valence-corrected chi connectivity index (χ2v) is 7.10. The van der Waals surface area contributed by atoms with E-state index in [1.807, 2.05) is 6.08 Å². The van der Waals surface area contributed by atoms with Crippen molar-refractivity contribution in [2.24, 2.45) is 17.3 Å². The standard InChI is InChI=1S/C20H30O3/c1-7-20(6)11-10-17(14(2)3)12-18(20)15(4)13-23-19(22)9-8-16(5)21/h7,17-18H,1-2,4,8-13H2,3,5-6H3/t17-,18+,20-/m1/s1. The second-order valence-electron chi connectivity index (χ2n) is 7.10. The summed E-state index contributed by atoms with van der Waals surface area (Å²) in [5, 5.41) is 0. The van der Waals surface area contributed by atoms with Gasteiger partial charge in [-0.05, 0) is 55.9 Å². The predicted octanol–water partition coefficient (Wildman–Crippen LogP) is 4.64. The van der Waals surface area contributed by atoms with Crippen molar-refractivity contribution < 1.29 is 14.3 Å². The predicted molar refractivity (Wildman–Crippen MR) is 94.0 cm³/mol. The van der Waals surface area contributed by atoms with Crippen molar-refractivity contribution in [3.05, 3.63) is 37.0 Å². The quantitative estimate of drug-likeness (QED) is 0.484. The normalized spacial score (nSPS) is 27.1. The molecule has 0 saturated heterocycles. The number of rotatable bonds is 8. The minimum absolute atomic E-state index is 0.00316. The number of ketones is 1. The van der Waals surface area contributed by atoms with Crippen LogP contribution in [0.3, 0.4) is 0 Å². The van der Waals surface area contributed by atoms with Crippen molar-refractivity contribution in [3.8, 4) is 0 Å². The van der Waals surface area contributed by atoms with Gasteiger partial charge in [0.1, 0.15) is 12.4 Å². The Hall–Kier alpha value is -1.64. The molecule has 0 aromatic rings. The highest BCUT2D eigenvalue weighted by atomic mass is 16.5. The Labute approximate surface area is 140 Å². The van der Waals surface area contributed by atoms with Crippen LogP contribution in [0.4, 0.5) is 0 Å². The molecule has 1 aliphatic carbocycles. The second kappa shape index (κ2) is 8.28. The molecule has 1 rings (SSSR count). The first-order chi connectivity index (χ1) is 10.7. The molecule has 0 spiro atoms. The molecule has 0 radical (unpaired) electrons. The molecule has 0 aromatic carbocycles. The molecule has 0 N–H and O–H groups in total. The van der Waals surface area contributed by atoms with Crippen molar-refractivity contribution in [2.45, 2.75) is 52.9 Å². The minimum Gasteiger partial charge on any atom is -0.461 e. The van der Waals surface area contributed by atoms with Gasteiger partial charge in [-0.1, -0.05) is 31.7 Å². The smallest absolute Gasteiger partial charge is 0.306 e. The van der Waals surface area contributed by atoms with Gasteiger partial charge in [-0.2, -0.15) is 0 Å². The lowest BCUT2D eigenvalue weighted by molar-refractivity contribution is -0.144. The van der Waals surface area contributed by atoms with E-state index in [0.717, 1.165) is 24.8 Å². The number of esters is 1. The third kappa shape index (κ3) is 5.49. The van der Waals surface area contributed by atoms with Gasteiger partial charge in [0, 0.05) is 6.42 Å².